The highest BCUT2D eigenvalue weighted by atomic mass is 35.5. The van der Waals surface area contributed by atoms with Gasteiger partial charge in [0.1, 0.15) is 0 Å². The topological polar surface area (TPSA) is 37.3 Å². The molecule has 0 atom stereocenters. The first kappa shape index (κ1) is 15.5. The first-order valence-corrected chi connectivity index (χ1v) is 7.83. The van der Waals surface area contributed by atoms with Crippen LogP contribution in [0.25, 0.3) is 10.9 Å². The minimum atomic E-state index is 0.677. The third-order valence-corrected chi connectivity index (χ3v) is 4.06. The zero-order valence-electron chi connectivity index (χ0n) is 13.4. The molecule has 0 fully saturated rings. The van der Waals surface area contributed by atoms with E-state index in [-0.39, 0.29) is 0 Å². The largest absolute Gasteiger partial charge is 0.278 e. The molecule has 0 unspecified atom stereocenters. The Hall–Kier alpha value is -2.39. The van der Waals surface area contributed by atoms with E-state index in [9.17, 15) is 0 Å². The predicted octanol–water partition coefficient (Wildman–Crippen LogP) is 5.26. The number of nitrogens with zero attached hydrogens (tertiary/aromatic N) is 2. The quantitative estimate of drug-likeness (QED) is 0.527. The summed E-state index contributed by atoms with van der Waals surface area (Å²) in [5, 5.41) is 6.07. The maximum atomic E-state index is 6.01. The van der Waals surface area contributed by atoms with Gasteiger partial charge in [-0.05, 0) is 56.2 Å². The summed E-state index contributed by atoms with van der Waals surface area (Å²) in [6.45, 7) is 6.31. The van der Waals surface area contributed by atoms with Gasteiger partial charge in [-0.25, -0.2) is 0 Å². The summed E-state index contributed by atoms with van der Waals surface area (Å²) in [5.74, 6) is 0. The molecule has 3 rings (SSSR count). The second kappa shape index (κ2) is 6.39. The lowest BCUT2D eigenvalue weighted by atomic mass is 10.0. The zero-order valence-corrected chi connectivity index (χ0v) is 14.1. The molecule has 3 nitrogen and oxygen atoms in total. The van der Waals surface area contributed by atoms with Crippen LogP contribution < -0.4 is 5.43 Å². The molecule has 1 aromatic heterocycles. The molecule has 116 valence electrons. The van der Waals surface area contributed by atoms with Crippen LogP contribution in [0.4, 0.5) is 5.69 Å². The van der Waals surface area contributed by atoms with Crippen LogP contribution in [0.1, 0.15) is 22.3 Å². The van der Waals surface area contributed by atoms with Crippen molar-refractivity contribution >= 4 is 34.4 Å². The van der Waals surface area contributed by atoms with Crippen molar-refractivity contribution in [3.63, 3.8) is 0 Å². The number of hydrazone groups is 1. The average molecular weight is 324 g/mol. The highest BCUT2D eigenvalue weighted by molar-refractivity contribution is 6.31. The average Bonchev–Trinajstić information content (AvgIpc) is 2.49. The van der Waals surface area contributed by atoms with Crippen LogP contribution in [-0.4, -0.2) is 11.2 Å². The van der Waals surface area contributed by atoms with E-state index < -0.39 is 0 Å². The zero-order chi connectivity index (χ0) is 16.4. The van der Waals surface area contributed by atoms with Gasteiger partial charge in [0.15, 0.2) is 0 Å². The van der Waals surface area contributed by atoms with Gasteiger partial charge < -0.3 is 0 Å². The fraction of sp³-hybridized carbons (Fsp3) is 0.158. The summed E-state index contributed by atoms with van der Waals surface area (Å²) in [7, 11) is 0. The molecule has 0 saturated heterocycles. The van der Waals surface area contributed by atoms with Crippen molar-refractivity contribution in [2.24, 2.45) is 5.10 Å². The minimum Gasteiger partial charge on any atom is -0.278 e. The summed E-state index contributed by atoms with van der Waals surface area (Å²) in [5.41, 5.74) is 9.72. The number of nitrogens with one attached hydrogen (secondary N) is 1. The van der Waals surface area contributed by atoms with Crippen LogP contribution >= 0.6 is 11.6 Å². The fourth-order valence-corrected chi connectivity index (χ4v) is 2.95. The highest BCUT2D eigenvalue weighted by Gasteiger charge is 2.03. The van der Waals surface area contributed by atoms with E-state index in [2.05, 4.69) is 48.4 Å². The molecule has 23 heavy (non-hydrogen) atoms. The first-order chi connectivity index (χ1) is 11.0. The van der Waals surface area contributed by atoms with Crippen molar-refractivity contribution in [2.75, 3.05) is 5.43 Å². The van der Waals surface area contributed by atoms with Gasteiger partial charge >= 0.3 is 0 Å². The molecule has 1 heterocycles. The molecule has 0 aliphatic heterocycles. The summed E-state index contributed by atoms with van der Waals surface area (Å²) >= 11 is 6.01. The number of fused-ring (bicyclic) bond motifs is 1. The molecule has 1 N–H and O–H groups in total. The molecular weight excluding hydrogens is 306 g/mol. The van der Waals surface area contributed by atoms with Gasteiger partial charge in [0, 0.05) is 22.2 Å². The number of hydrogen-bond donors (Lipinski definition) is 1. The standard InChI is InChI=1S/C19H18ClN3/c1-12-8-13(2)17(14(3)9-12)11-22-23-18-6-7-21-19-10-15(20)4-5-16(18)19/h4-11H,1-3H3,(H,21,23). The van der Waals surface area contributed by atoms with Gasteiger partial charge in [-0.1, -0.05) is 29.3 Å². The molecule has 0 spiro atoms. The number of aromatic nitrogens is 1. The number of benzene rings is 2. The molecule has 0 amide bonds. The van der Waals surface area contributed by atoms with Crippen molar-refractivity contribution in [3.05, 3.63) is 69.9 Å². The highest BCUT2D eigenvalue weighted by Crippen LogP contribution is 2.24. The van der Waals surface area contributed by atoms with Gasteiger partial charge in [-0.15, -0.1) is 0 Å². The van der Waals surface area contributed by atoms with Crippen molar-refractivity contribution in [3.8, 4) is 0 Å². The normalized spacial score (nSPS) is 11.3. The van der Waals surface area contributed by atoms with Crippen molar-refractivity contribution in [2.45, 2.75) is 20.8 Å². The number of rotatable bonds is 3. The molecular formula is C19H18ClN3. The van der Waals surface area contributed by atoms with Crippen LogP contribution in [0.5, 0.6) is 0 Å². The predicted molar refractivity (Wildman–Crippen MR) is 98.6 cm³/mol. The Morgan fingerprint density at radius 3 is 2.52 bits per heavy atom. The lowest BCUT2D eigenvalue weighted by Crippen LogP contribution is -1.97. The number of halogens is 1. The van der Waals surface area contributed by atoms with Crippen molar-refractivity contribution in [1.29, 1.82) is 0 Å². The Morgan fingerprint density at radius 2 is 1.78 bits per heavy atom. The van der Waals surface area contributed by atoms with E-state index in [1.807, 2.05) is 30.5 Å². The van der Waals surface area contributed by atoms with Gasteiger partial charge in [0.05, 0.1) is 17.4 Å². The molecule has 0 bridgehead atoms. The monoisotopic (exact) mass is 323 g/mol. The SMILES string of the molecule is Cc1cc(C)c(C=NNc2ccnc3cc(Cl)ccc23)c(C)c1. The Labute approximate surface area is 141 Å². The van der Waals surface area contributed by atoms with Crippen LogP contribution in [-0.2, 0) is 0 Å². The van der Waals surface area contributed by atoms with E-state index in [0.717, 1.165) is 22.2 Å². The van der Waals surface area contributed by atoms with Gasteiger partial charge in [-0.3, -0.25) is 10.4 Å². The second-order valence-electron chi connectivity index (χ2n) is 5.70. The minimum absolute atomic E-state index is 0.677. The molecule has 4 heteroatoms. The van der Waals surface area contributed by atoms with E-state index in [1.54, 1.807) is 6.20 Å². The number of anilines is 1. The van der Waals surface area contributed by atoms with Gasteiger partial charge in [0.2, 0.25) is 0 Å². The molecule has 3 aromatic rings. The van der Waals surface area contributed by atoms with Crippen LogP contribution in [0.3, 0.4) is 0 Å². The first-order valence-electron chi connectivity index (χ1n) is 7.46. The lowest BCUT2D eigenvalue weighted by Gasteiger charge is -2.08. The van der Waals surface area contributed by atoms with Gasteiger partial charge in [-0.2, -0.15) is 5.10 Å². The lowest BCUT2D eigenvalue weighted by molar-refractivity contribution is 1.29. The van der Waals surface area contributed by atoms with Crippen LogP contribution in [0.15, 0.2) is 47.7 Å². The van der Waals surface area contributed by atoms with Crippen molar-refractivity contribution in [1.82, 2.24) is 4.98 Å². The smallest absolute Gasteiger partial charge is 0.0738 e. The molecule has 0 saturated carbocycles. The van der Waals surface area contributed by atoms with E-state index in [0.29, 0.717) is 5.02 Å². The number of hydrogen-bond acceptors (Lipinski definition) is 3. The molecule has 0 aliphatic carbocycles. The summed E-state index contributed by atoms with van der Waals surface area (Å²) in [6.07, 6.45) is 3.62. The Balaban J connectivity index is 1.89. The third kappa shape index (κ3) is 3.35. The Kier molecular flexibility index (Phi) is 4.30. The van der Waals surface area contributed by atoms with Crippen molar-refractivity contribution < 1.29 is 0 Å². The van der Waals surface area contributed by atoms with E-state index in [1.165, 1.54) is 16.7 Å². The van der Waals surface area contributed by atoms with Crippen LogP contribution in [0.2, 0.25) is 5.02 Å². The second-order valence-corrected chi connectivity index (χ2v) is 6.14. The Morgan fingerprint density at radius 1 is 1.04 bits per heavy atom. The molecule has 0 aliphatic rings. The maximum absolute atomic E-state index is 6.01. The summed E-state index contributed by atoms with van der Waals surface area (Å²) in [4.78, 5) is 4.33. The molecule has 0 radical (unpaired) electrons. The number of aryl methyl sites for hydroxylation is 3. The van der Waals surface area contributed by atoms with E-state index >= 15 is 0 Å². The number of pyridine rings is 1. The third-order valence-electron chi connectivity index (χ3n) is 3.82. The summed E-state index contributed by atoms with van der Waals surface area (Å²) in [6, 6.07) is 11.9. The maximum Gasteiger partial charge on any atom is 0.0738 e. The molecule has 2 aromatic carbocycles. The summed E-state index contributed by atoms with van der Waals surface area (Å²) < 4.78 is 0. The van der Waals surface area contributed by atoms with E-state index in [4.69, 9.17) is 11.6 Å². The fourth-order valence-electron chi connectivity index (χ4n) is 2.78. The van der Waals surface area contributed by atoms with Gasteiger partial charge in [0.25, 0.3) is 0 Å². The van der Waals surface area contributed by atoms with Crippen LogP contribution in [0, 0.1) is 20.8 Å². The Bertz CT molecular complexity index is 877.